The van der Waals surface area contributed by atoms with Gasteiger partial charge in [-0.05, 0) is 30.9 Å². The van der Waals surface area contributed by atoms with Crippen LogP contribution in [0.3, 0.4) is 0 Å². The average Bonchev–Trinajstić information content (AvgIpc) is 2.41. The first kappa shape index (κ1) is 13.3. The molecule has 0 saturated carbocycles. The highest BCUT2D eigenvalue weighted by Gasteiger charge is 2.09. The van der Waals surface area contributed by atoms with Gasteiger partial charge in [-0.25, -0.2) is 0 Å². The highest BCUT2D eigenvalue weighted by molar-refractivity contribution is 5.82. The number of carbonyl (C=O) groups excluding carboxylic acids is 1. The summed E-state index contributed by atoms with van der Waals surface area (Å²) in [7, 11) is 0. The fraction of sp³-hybridized carbons (Fsp3) is 0.333. The molecule has 1 N–H and O–H groups in total. The van der Waals surface area contributed by atoms with Crippen molar-refractivity contribution in [1.29, 1.82) is 0 Å². The van der Waals surface area contributed by atoms with E-state index in [0.29, 0.717) is 12.1 Å². The number of pyridine rings is 1. The molecule has 0 aliphatic rings. The Balaban J connectivity index is 2.43. The molecule has 1 aromatic carbocycles. The summed E-state index contributed by atoms with van der Waals surface area (Å²) in [4.78, 5) is 24.0. The summed E-state index contributed by atoms with van der Waals surface area (Å²) < 4.78 is 1.54. The molecule has 0 aliphatic carbocycles. The number of carbonyl (C=O) groups is 1. The van der Waals surface area contributed by atoms with E-state index in [4.69, 9.17) is 0 Å². The predicted octanol–water partition coefficient (Wildman–Crippen LogP) is 1.84. The lowest BCUT2D eigenvalue weighted by molar-refractivity contribution is -0.121. The minimum absolute atomic E-state index is 0.0705. The smallest absolute Gasteiger partial charge is 0.254 e. The van der Waals surface area contributed by atoms with Crippen molar-refractivity contribution in [3.63, 3.8) is 0 Å². The molecule has 0 bridgehead atoms. The summed E-state index contributed by atoms with van der Waals surface area (Å²) in [5, 5.41) is 3.77. The molecule has 0 saturated heterocycles. The minimum atomic E-state index is -0.125. The van der Waals surface area contributed by atoms with E-state index in [9.17, 15) is 9.59 Å². The summed E-state index contributed by atoms with van der Waals surface area (Å²) in [5.41, 5.74) is 1.34. The number of aromatic nitrogens is 1. The lowest BCUT2D eigenvalue weighted by Gasteiger charge is -2.11. The fourth-order valence-corrected chi connectivity index (χ4v) is 2.09. The molecule has 0 unspecified atom stereocenters. The summed E-state index contributed by atoms with van der Waals surface area (Å²) >= 11 is 0. The molecular weight excluding hydrogens is 240 g/mol. The van der Waals surface area contributed by atoms with Crippen molar-refractivity contribution >= 4 is 16.8 Å². The second kappa shape index (κ2) is 5.69. The van der Waals surface area contributed by atoms with Crippen LogP contribution in [-0.2, 0) is 11.3 Å². The first-order chi connectivity index (χ1) is 9.13. The highest BCUT2D eigenvalue weighted by atomic mass is 16.2. The third-order valence-electron chi connectivity index (χ3n) is 3.06. The third kappa shape index (κ3) is 2.84. The number of hydrogen-bond acceptors (Lipinski definition) is 2. The maximum Gasteiger partial charge on any atom is 0.254 e. The van der Waals surface area contributed by atoms with Gasteiger partial charge in [0.25, 0.3) is 5.56 Å². The second-order valence-electron chi connectivity index (χ2n) is 4.63. The fourth-order valence-electron chi connectivity index (χ4n) is 2.09. The quantitative estimate of drug-likeness (QED) is 0.909. The van der Waals surface area contributed by atoms with Crippen LogP contribution in [0.5, 0.6) is 0 Å². The van der Waals surface area contributed by atoms with Gasteiger partial charge in [0.1, 0.15) is 6.54 Å². The SMILES string of the molecule is CCCNC(=O)Cn1c(=O)c(C)cc2ccccc21. The van der Waals surface area contributed by atoms with Gasteiger partial charge in [0.2, 0.25) is 5.91 Å². The molecule has 1 amide bonds. The second-order valence-corrected chi connectivity index (χ2v) is 4.63. The van der Waals surface area contributed by atoms with Gasteiger partial charge in [0.15, 0.2) is 0 Å². The molecule has 4 heteroatoms. The Morgan fingerprint density at radius 1 is 1.32 bits per heavy atom. The molecule has 0 fully saturated rings. The molecule has 2 aromatic rings. The largest absolute Gasteiger partial charge is 0.355 e. The van der Waals surface area contributed by atoms with Gasteiger partial charge in [0, 0.05) is 12.1 Å². The van der Waals surface area contributed by atoms with E-state index in [1.54, 1.807) is 6.92 Å². The molecule has 0 spiro atoms. The first-order valence-electron chi connectivity index (χ1n) is 6.49. The van der Waals surface area contributed by atoms with E-state index < -0.39 is 0 Å². The normalized spacial score (nSPS) is 10.6. The number of amides is 1. The zero-order chi connectivity index (χ0) is 13.8. The van der Waals surface area contributed by atoms with E-state index in [-0.39, 0.29) is 18.0 Å². The number of nitrogens with one attached hydrogen (secondary N) is 1. The molecule has 100 valence electrons. The van der Waals surface area contributed by atoms with E-state index in [1.807, 2.05) is 37.3 Å². The van der Waals surface area contributed by atoms with Gasteiger partial charge in [0.05, 0.1) is 5.52 Å². The van der Waals surface area contributed by atoms with Gasteiger partial charge >= 0.3 is 0 Å². The summed E-state index contributed by atoms with van der Waals surface area (Å²) in [6, 6.07) is 9.47. The van der Waals surface area contributed by atoms with E-state index in [1.165, 1.54) is 4.57 Å². The Kier molecular flexibility index (Phi) is 4.00. The monoisotopic (exact) mass is 258 g/mol. The number of para-hydroxylation sites is 1. The molecular formula is C15H18N2O2. The topological polar surface area (TPSA) is 51.1 Å². The van der Waals surface area contributed by atoms with Crippen LogP contribution < -0.4 is 10.9 Å². The molecule has 19 heavy (non-hydrogen) atoms. The highest BCUT2D eigenvalue weighted by Crippen LogP contribution is 2.12. The third-order valence-corrected chi connectivity index (χ3v) is 3.06. The molecule has 0 radical (unpaired) electrons. The van der Waals surface area contributed by atoms with Crippen LogP contribution in [0, 0.1) is 6.92 Å². The number of nitrogens with zero attached hydrogens (tertiary/aromatic N) is 1. The van der Waals surface area contributed by atoms with Crippen molar-refractivity contribution in [2.24, 2.45) is 0 Å². The number of fused-ring (bicyclic) bond motifs is 1. The van der Waals surface area contributed by atoms with Gasteiger partial charge in [-0.3, -0.25) is 14.2 Å². The van der Waals surface area contributed by atoms with Crippen molar-refractivity contribution in [1.82, 2.24) is 9.88 Å². The molecule has 2 rings (SSSR count). The van der Waals surface area contributed by atoms with Gasteiger partial charge in [-0.2, -0.15) is 0 Å². The molecule has 1 heterocycles. The molecule has 0 aliphatic heterocycles. The number of hydrogen-bond donors (Lipinski definition) is 1. The van der Waals surface area contributed by atoms with E-state index >= 15 is 0 Å². The van der Waals surface area contributed by atoms with Crippen molar-refractivity contribution in [2.45, 2.75) is 26.8 Å². The zero-order valence-electron chi connectivity index (χ0n) is 11.3. The average molecular weight is 258 g/mol. The maximum absolute atomic E-state index is 12.2. The maximum atomic E-state index is 12.2. The predicted molar refractivity (Wildman–Crippen MR) is 76.2 cm³/mol. The summed E-state index contributed by atoms with van der Waals surface area (Å²) in [5.74, 6) is -0.125. The molecule has 4 nitrogen and oxygen atoms in total. The summed E-state index contributed by atoms with van der Waals surface area (Å²) in [6.45, 7) is 4.47. The van der Waals surface area contributed by atoms with Crippen LogP contribution in [0.25, 0.3) is 10.9 Å². The van der Waals surface area contributed by atoms with Crippen molar-refractivity contribution in [3.05, 3.63) is 46.2 Å². The van der Waals surface area contributed by atoms with Crippen LogP contribution in [0.4, 0.5) is 0 Å². The summed E-state index contributed by atoms with van der Waals surface area (Å²) in [6.07, 6.45) is 0.884. The van der Waals surface area contributed by atoms with Crippen LogP contribution in [0.2, 0.25) is 0 Å². The Hall–Kier alpha value is -2.10. The Labute approximate surface area is 112 Å². The Morgan fingerprint density at radius 2 is 2.05 bits per heavy atom. The van der Waals surface area contributed by atoms with Crippen molar-refractivity contribution in [3.8, 4) is 0 Å². The van der Waals surface area contributed by atoms with E-state index in [0.717, 1.165) is 17.3 Å². The number of rotatable bonds is 4. The van der Waals surface area contributed by atoms with Gasteiger partial charge in [-0.15, -0.1) is 0 Å². The molecule has 0 atom stereocenters. The van der Waals surface area contributed by atoms with Gasteiger partial charge in [-0.1, -0.05) is 25.1 Å². The number of aryl methyl sites for hydroxylation is 1. The lowest BCUT2D eigenvalue weighted by Crippen LogP contribution is -2.33. The first-order valence-corrected chi connectivity index (χ1v) is 6.49. The van der Waals surface area contributed by atoms with Crippen molar-refractivity contribution in [2.75, 3.05) is 6.54 Å². The lowest BCUT2D eigenvalue weighted by atomic mass is 10.1. The molecule has 1 aromatic heterocycles. The zero-order valence-corrected chi connectivity index (χ0v) is 11.3. The van der Waals surface area contributed by atoms with E-state index in [2.05, 4.69) is 5.32 Å². The minimum Gasteiger partial charge on any atom is -0.355 e. The van der Waals surface area contributed by atoms with Crippen LogP contribution in [-0.4, -0.2) is 17.0 Å². The Bertz CT molecular complexity index is 659. The van der Waals surface area contributed by atoms with Crippen LogP contribution in [0.1, 0.15) is 18.9 Å². The van der Waals surface area contributed by atoms with Crippen molar-refractivity contribution < 1.29 is 4.79 Å². The van der Waals surface area contributed by atoms with Crippen LogP contribution >= 0.6 is 0 Å². The Morgan fingerprint density at radius 3 is 2.79 bits per heavy atom. The standard InChI is InChI=1S/C15H18N2O2/c1-3-8-16-14(18)10-17-13-7-5-4-6-12(13)9-11(2)15(17)19/h4-7,9H,3,8,10H2,1-2H3,(H,16,18). The number of benzene rings is 1. The van der Waals surface area contributed by atoms with Crippen LogP contribution in [0.15, 0.2) is 35.1 Å². The van der Waals surface area contributed by atoms with Gasteiger partial charge < -0.3 is 5.32 Å².